The smallest absolute Gasteiger partial charge is 0.230 e. The minimum Gasteiger partial charge on any atom is -0.494 e. The van der Waals surface area contributed by atoms with Crippen molar-refractivity contribution in [2.45, 2.75) is 39.7 Å². The zero-order valence-corrected chi connectivity index (χ0v) is 17.0. The Morgan fingerprint density at radius 1 is 1.07 bits per heavy atom. The van der Waals surface area contributed by atoms with Crippen LogP contribution < -0.4 is 4.74 Å². The Hall–Kier alpha value is -1.99. The fraction of sp³-hybridized carbons (Fsp3) is 0.619. The van der Waals surface area contributed by atoms with E-state index in [9.17, 15) is 14.0 Å². The number of rotatable bonds is 6. The Labute approximate surface area is 166 Å². The van der Waals surface area contributed by atoms with E-state index < -0.39 is 0 Å². The van der Waals surface area contributed by atoms with Crippen molar-refractivity contribution in [2.75, 3.05) is 40.0 Å². The molecule has 3 rings (SSSR count). The molecule has 0 unspecified atom stereocenters. The third kappa shape index (κ3) is 4.70. The second-order valence-corrected chi connectivity index (χ2v) is 8.24. The van der Waals surface area contributed by atoms with Crippen molar-refractivity contribution in [3.63, 3.8) is 0 Å². The number of methoxy groups -OCH3 is 1. The number of carbonyl (C=O) groups is 2. The molecule has 0 radical (unpaired) electrons. The molecule has 2 aliphatic heterocycles. The second-order valence-electron chi connectivity index (χ2n) is 8.24. The number of benzene rings is 1. The van der Waals surface area contributed by atoms with Crippen molar-refractivity contribution in [1.29, 1.82) is 0 Å². The summed E-state index contributed by atoms with van der Waals surface area (Å²) in [6.07, 6.45) is 1.72. The molecule has 0 N–H and O–H groups in total. The summed E-state index contributed by atoms with van der Waals surface area (Å²) >= 11 is 0. The molecule has 0 aromatic heterocycles. The summed E-state index contributed by atoms with van der Waals surface area (Å²) in [6, 6.07) is 5.05. The predicted molar refractivity (Wildman–Crippen MR) is 104 cm³/mol. The van der Waals surface area contributed by atoms with Gasteiger partial charge < -0.3 is 4.74 Å². The first kappa shape index (κ1) is 20.7. The molecule has 1 aromatic carbocycles. The van der Waals surface area contributed by atoms with Crippen molar-refractivity contribution >= 4 is 11.8 Å². The van der Waals surface area contributed by atoms with Gasteiger partial charge in [-0.25, -0.2) is 4.39 Å². The van der Waals surface area contributed by atoms with Gasteiger partial charge in [0.1, 0.15) is 0 Å². The van der Waals surface area contributed by atoms with Crippen molar-refractivity contribution in [1.82, 2.24) is 14.7 Å². The molecule has 7 heteroatoms. The Morgan fingerprint density at radius 3 is 2.21 bits per heavy atom. The van der Waals surface area contributed by atoms with Crippen molar-refractivity contribution in [2.24, 2.45) is 5.41 Å². The highest BCUT2D eigenvalue weighted by Crippen LogP contribution is 2.35. The van der Waals surface area contributed by atoms with Crippen molar-refractivity contribution < 1.29 is 18.7 Å². The predicted octanol–water partition coefficient (Wildman–Crippen LogP) is 2.47. The van der Waals surface area contributed by atoms with E-state index in [2.05, 4.69) is 9.80 Å². The van der Waals surface area contributed by atoms with E-state index in [-0.39, 0.29) is 28.8 Å². The molecule has 2 heterocycles. The van der Waals surface area contributed by atoms with Gasteiger partial charge in [0.05, 0.1) is 13.8 Å². The summed E-state index contributed by atoms with van der Waals surface area (Å²) in [4.78, 5) is 30.8. The molecule has 0 bridgehead atoms. The van der Waals surface area contributed by atoms with E-state index in [1.54, 1.807) is 6.07 Å². The Kier molecular flexibility index (Phi) is 6.35. The topological polar surface area (TPSA) is 53.1 Å². The van der Waals surface area contributed by atoms with Crippen LogP contribution in [-0.2, 0) is 16.1 Å². The first-order chi connectivity index (χ1) is 13.3. The highest BCUT2D eigenvalue weighted by atomic mass is 19.1. The van der Waals surface area contributed by atoms with Crippen LogP contribution in [0.15, 0.2) is 18.2 Å². The number of halogens is 1. The van der Waals surface area contributed by atoms with E-state index >= 15 is 0 Å². The zero-order valence-electron chi connectivity index (χ0n) is 17.0. The molecule has 0 spiro atoms. The maximum atomic E-state index is 13.9. The van der Waals surface area contributed by atoms with Gasteiger partial charge in [0.15, 0.2) is 11.6 Å². The molecule has 6 nitrogen and oxygen atoms in total. The van der Waals surface area contributed by atoms with Crippen LogP contribution in [0.5, 0.6) is 5.75 Å². The van der Waals surface area contributed by atoms with Gasteiger partial charge in [-0.3, -0.25) is 24.3 Å². The molecule has 2 saturated heterocycles. The highest BCUT2D eigenvalue weighted by Gasteiger charge is 2.40. The molecule has 1 aromatic rings. The fourth-order valence-electron chi connectivity index (χ4n) is 3.89. The number of likely N-dealkylation sites (tertiary alicyclic amines) is 1. The summed E-state index contributed by atoms with van der Waals surface area (Å²) < 4.78 is 18.8. The monoisotopic (exact) mass is 391 g/mol. The maximum absolute atomic E-state index is 13.9. The molecule has 28 heavy (non-hydrogen) atoms. The zero-order chi connectivity index (χ0) is 20.3. The van der Waals surface area contributed by atoms with Crippen molar-refractivity contribution in [3.05, 3.63) is 29.6 Å². The molecule has 2 fully saturated rings. The highest BCUT2D eigenvalue weighted by molar-refractivity contribution is 5.98. The van der Waals surface area contributed by atoms with Gasteiger partial charge in [-0.1, -0.05) is 19.9 Å². The van der Waals surface area contributed by atoms with Gasteiger partial charge in [-0.15, -0.1) is 0 Å². The minimum absolute atomic E-state index is 0.0586. The molecule has 0 atom stereocenters. The Bertz CT molecular complexity index is 714. The number of imide groups is 1. The van der Waals surface area contributed by atoms with Gasteiger partial charge in [0.25, 0.3) is 0 Å². The van der Waals surface area contributed by atoms with E-state index in [1.807, 2.05) is 19.9 Å². The van der Waals surface area contributed by atoms with Crippen LogP contribution in [0.3, 0.4) is 0 Å². The Morgan fingerprint density at radius 2 is 1.68 bits per heavy atom. The quantitative estimate of drug-likeness (QED) is 0.698. The number of hydrogen-bond donors (Lipinski definition) is 0. The van der Waals surface area contributed by atoms with Crippen LogP contribution >= 0.6 is 0 Å². The number of amides is 2. The number of piperazine rings is 1. The van der Waals surface area contributed by atoms with E-state index in [0.29, 0.717) is 26.1 Å². The van der Waals surface area contributed by atoms with Crippen LogP contribution in [0.1, 0.15) is 38.7 Å². The standard InChI is InChI=1S/C21H30FN3O3/c1-4-21(2)12-19(26)25(20(27)13-21)15-24-9-7-23(8-10-24)14-16-5-6-18(28-3)17(22)11-16/h5-6,11H,4,7-10,12-15H2,1-3H3. The maximum Gasteiger partial charge on any atom is 0.230 e. The van der Waals surface area contributed by atoms with Gasteiger partial charge >= 0.3 is 0 Å². The van der Waals surface area contributed by atoms with Gasteiger partial charge in [-0.2, -0.15) is 0 Å². The first-order valence-electron chi connectivity index (χ1n) is 9.94. The lowest BCUT2D eigenvalue weighted by atomic mass is 9.77. The number of piperidine rings is 1. The van der Waals surface area contributed by atoms with Gasteiger partial charge in [-0.05, 0) is 29.5 Å². The minimum atomic E-state index is -0.347. The third-order valence-electron chi connectivity index (χ3n) is 6.04. The van der Waals surface area contributed by atoms with Crippen molar-refractivity contribution in [3.8, 4) is 5.75 Å². The van der Waals surface area contributed by atoms with E-state index in [1.165, 1.54) is 18.1 Å². The van der Waals surface area contributed by atoms with Crippen LogP contribution in [0.25, 0.3) is 0 Å². The molecule has 2 aliphatic rings. The van der Waals surface area contributed by atoms with Crippen LogP contribution in [0.4, 0.5) is 4.39 Å². The summed E-state index contributed by atoms with van der Waals surface area (Å²) in [6.45, 7) is 8.28. The molecular formula is C21H30FN3O3. The number of nitrogens with zero attached hydrogens (tertiary/aromatic N) is 3. The average molecular weight is 391 g/mol. The van der Waals surface area contributed by atoms with Crippen LogP contribution in [0, 0.1) is 11.2 Å². The lowest BCUT2D eigenvalue weighted by Gasteiger charge is -2.41. The van der Waals surface area contributed by atoms with Gasteiger partial charge in [0, 0.05) is 45.6 Å². The average Bonchev–Trinajstić information content (AvgIpc) is 2.66. The van der Waals surface area contributed by atoms with Gasteiger partial charge in [0.2, 0.25) is 11.8 Å². The largest absolute Gasteiger partial charge is 0.494 e. The summed E-state index contributed by atoms with van der Waals surface area (Å²) in [7, 11) is 1.46. The first-order valence-corrected chi connectivity index (χ1v) is 9.94. The molecule has 154 valence electrons. The molecular weight excluding hydrogens is 361 g/mol. The Balaban J connectivity index is 1.50. The van der Waals surface area contributed by atoms with Crippen LogP contribution in [-0.4, -0.2) is 66.5 Å². The summed E-state index contributed by atoms with van der Waals surface area (Å²) in [5.41, 5.74) is 0.712. The summed E-state index contributed by atoms with van der Waals surface area (Å²) in [5.74, 6) is -0.211. The lowest BCUT2D eigenvalue weighted by molar-refractivity contribution is -0.156. The number of carbonyl (C=O) groups excluding carboxylic acids is 2. The van der Waals surface area contributed by atoms with E-state index in [0.717, 1.165) is 38.2 Å². The molecule has 2 amide bonds. The fourth-order valence-corrected chi connectivity index (χ4v) is 3.89. The van der Waals surface area contributed by atoms with E-state index in [4.69, 9.17) is 4.74 Å². The molecule has 0 aliphatic carbocycles. The molecule has 0 saturated carbocycles. The van der Waals surface area contributed by atoms with Crippen LogP contribution in [0.2, 0.25) is 0 Å². The SMILES string of the molecule is CCC1(C)CC(=O)N(CN2CCN(Cc3ccc(OC)c(F)c3)CC2)C(=O)C1. The lowest BCUT2D eigenvalue weighted by Crippen LogP contribution is -2.55. The third-order valence-corrected chi connectivity index (χ3v) is 6.04. The number of ether oxygens (including phenoxy) is 1. The summed E-state index contributed by atoms with van der Waals surface area (Å²) in [5, 5.41) is 0. The number of hydrogen-bond acceptors (Lipinski definition) is 5. The second kappa shape index (κ2) is 8.57. The normalized spacial score (nSPS) is 21.2.